The van der Waals surface area contributed by atoms with Gasteiger partial charge >= 0.3 is 18.3 Å². The van der Waals surface area contributed by atoms with Crippen molar-refractivity contribution in [3.63, 3.8) is 0 Å². The van der Waals surface area contributed by atoms with Crippen LogP contribution in [0.1, 0.15) is 41.6 Å². The molecule has 0 spiro atoms. The van der Waals surface area contributed by atoms with Crippen LogP contribution in [0.4, 0.5) is 26.3 Å². The van der Waals surface area contributed by atoms with Crippen molar-refractivity contribution in [2.75, 3.05) is 52.4 Å². The van der Waals surface area contributed by atoms with Gasteiger partial charge in [-0.2, -0.15) is 26.3 Å². The van der Waals surface area contributed by atoms with Gasteiger partial charge in [0.2, 0.25) is 11.8 Å². The van der Waals surface area contributed by atoms with E-state index in [4.69, 9.17) is 9.90 Å². The fourth-order valence-electron chi connectivity index (χ4n) is 4.00. The number of nitrogens with zero attached hydrogens (tertiary/aromatic N) is 3. The third-order valence-electron chi connectivity index (χ3n) is 6.08. The van der Waals surface area contributed by atoms with Crippen LogP contribution in [-0.2, 0) is 20.6 Å². The predicted molar refractivity (Wildman–Crippen MR) is 126 cm³/mol. The molecule has 2 aliphatic rings. The molecule has 2 saturated heterocycles. The number of hydrogen-bond donors (Lipinski definition) is 2. The van der Waals surface area contributed by atoms with Gasteiger partial charge in [-0.15, -0.1) is 0 Å². The van der Waals surface area contributed by atoms with Crippen LogP contribution in [0.5, 0.6) is 0 Å². The van der Waals surface area contributed by atoms with Crippen LogP contribution in [0.15, 0.2) is 24.3 Å². The van der Waals surface area contributed by atoms with Gasteiger partial charge in [-0.05, 0) is 37.1 Å². The number of carbonyl (C=O) groups is 4. The Morgan fingerprint density at radius 2 is 1.54 bits per heavy atom. The summed E-state index contributed by atoms with van der Waals surface area (Å²) >= 11 is 0. The van der Waals surface area contributed by atoms with E-state index < -0.39 is 29.8 Å². The van der Waals surface area contributed by atoms with Gasteiger partial charge in [-0.25, -0.2) is 4.79 Å². The van der Waals surface area contributed by atoms with Gasteiger partial charge in [0, 0.05) is 70.8 Å². The van der Waals surface area contributed by atoms with E-state index >= 15 is 0 Å². The van der Waals surface area contributed by atoms with Crippen molar-refractivity contribution in [2.24, 2.45) is 0 Å². The molecule has 9 nitrogen and oxygen atoms in total. The van der Waals surface area contributed by atoms with E-state index in [9.17, 15) is 40.7 Å². The van der Waals surface area contributed by atoms with Crippen molar-refractivity contribution in [3.05, 3.63) is 35.4 Å². The molecule has 3 rings (SSSR count). The molecule has 0 aromatic heterocycles. The van der Waals surface area contributed by atoms with Crippen molar-refractivity contribution in [1.82, 2.24) is 20.0 Å². The van der Waals surface area contributed by atoms with Crippen LogP contribution in [0, 0.1) is 0 Å². The predicted octanol–water partition coefficient (Wildman–Crippen LogP) is 2.62. The number of piperazine rings is 1. The highest BCUT2D eigenvalue weighted by Crippen LogP contribution is 2.29. The first-order chi connectivity index (χ1) is 18.2. The number of halogens is 6. The van der Waals surface area contributed by atoms with Crippen LogP contribution >= 0.6 is 0 Å². The minimum Gasteiger partial charge on any atom is -0.475 e. The van der Waals surface area contributed by atoms with E-state index in [0.29, 0.717) is 45.6 Å². The van der Waals surface area contributed by atoms with Gasteiger partial charge < -0.3 is 25.1 Å². The maximum Gasteiger partial charge on any atom is 0.490 e. The number of carboxylic acids is 1. The maximum atomic E-state index is 13.0. The molecule has 0 saturated carbocycles. The molecule has 15 heteroatoms. The second-order valence-corrected chi connectivity index (χ2v) is 8.89. The van der Waals surface area contributed by atoms with E-state index in [1.807, 2.05) is 0 Å². The minimum atomic E-state index is -5.08. The summed E-state index contributed by atoms with van der Waals surface area (Å²) in [6, 6.07) is 4.11. The molecule has 3 amide bonds. The first-order valence-corrected chi connectivity index (χ1v) is 12.2. The fourth-order valence-corrected chi connectivity index (χ4v) is 4.00. The third kappa shape index (κ3) is 10.4. The highest BCUT2D eigenvalue weighted by Gasteiger charge is 2.38. The molecule has 0 bridgehead atoms. The largest absolute Gasteiger partial charge is 0.490 e. The Balaban J connectivity index is 0.000000673. The molecule has 1 aromatic rings. The zero-order valence-corrected chi connectivity index (χ0v) is 21.0. The number of rotatable bonds is 8. The number of hydrogen-bond acceptors (Lipinski definition) is 5. The Hall–Kier alpha value is -3.36. The Bertz CT molecular complexity index is 994. The molecular formula is C24H30F6N4O5. The zero-order chi connectivity index (χ0) is 29.2. The molecule has 2 heterocycles. The maximum absolute atomic E-state index is 13.0. The Labute approximate surface area is 220 Å². The summed E-state index contributed by atoms with van der Waals surface area (Å²) < 4.78 is 70.2. The molecule has 0 atom stereocenters. The molecule has 0 aliphatic carbocycles. The third-order valence-corrected chi connectivity index (χ3v) is 6.08. The van der Waals surface area contributed by atoms with E-state index in [1.54, 1.807) is 9.80 Å². The van der Waals surface area contributed by atoms with Crippen LogP contribution in [0.25, 0.3) is 0 Å². The lowest BCUT2D eigenvalue weighted by atomic mass is 10.1. The number of amides is 3. The van der Waals surface area contributed by atoms with E-state index in [1.165, 1.54) is 17.0 Å². The van der Waals surface area contributed by atoms with Crippen molar-refractivity contribution in [2.45, 2.75) is 38.0 Å². The van der Waals surface area contributed by atoms with Crippen molar-refractivity contribution < 1.29 is 50.6 Å². The van der Waals surface area contributed by atoms with Crippen molar-refractivity contribution in [3.8, 4) is 0 Å². The minimum absolute atomic E-state index is 0.0496. The number of benzene rings is 1. The average molecular weight is 569 g/mol. The standard InChI is InChI=1S/C22H29F3N4O3.C2HF3O2/c23-22(24,25)18-6-4-17(5-7-18)21(32)29(13-2-12-27-11-1-3-19(27)30)14-8-20(31)28-15-9-26-10-16-28;3-2(4,5)1(6)7/h4-7,26H,1-3,8-16H2;(H,6,7). The van der Waals surface area contributed by atoms with Crippen LogP contribution < -0.4 is 5.32 Å². The van der Waals surface area contributed by atoms with Gasteiger partial charge in [0.1, 0.15) is 0 Å². The normalized spacial score (nSPS) is 16.0. The molecule has 39 heavy (non-hydrogen) atoms. The SMILES string of the molecule is O=C(O)C(F)(F)F.O=C1CCCN1CCCN(CCC(=O)N1CCNCC1)C(=O)c1ccc(C(F)(F)F)cc1. The summed E-state index contributed by atoms with van der Waals surface area (Å²) in [6.45, 7) is 4.39. The highest BCUT2D eigenvalue weighted by molar-refractivity contribution is 5.94. The summed E-state index contributed by atoms with van der Waals surface area (Å²) in [6.07, 6.45) is -7.51. The van der Waals surface area contributed by atoms with E-state index in [-0.39, 0.29) is 30.3 Å². The van der Waals surface area contributed by atoms with Gasteiger partial charge in [-0.3, -0.25) is 14.4 Å². The molecule has 2 aliphatic heterocycles. The summed E-state index contributed by atoms with van der Waals surface area (Å²) in [5.74, 6) is -3.13. The Morgan fingerprint density at radius 3 is 2.03 bits per heavy atom. The number of likely N-dealkylation sites (tertiary alicyclic amines) is 1. The number of alkyl halides is 6. The smallest absolute Gasteiger partial charge is 0.475 e. The number of nitrogens with one attached hydrogen (secondary N) is 1. The van der Waals surface area contributed by atoms with Gasteiger partial charge in [0.25, 0.3) is 5.91 Å². The number of carbonyl (C=O) groups excluding carboxylic acids is 3. The van der Waals surface area contributed by atoms with E-state index in [2.05, 4.69) is 5.32 Å². The summed E-state index contributed by atoms with van der Waals surface area (Å²) in [4.78, 5) is 51.3. The number of aliphatic carboxylic acids is 1. The quantitative estimate of drug-likeness (QED) is 0.467. The second-order valence-electron chi connectivity index (χ2n) is 8.89. The molecular weight excluding hydrogens is 538 g/mol. The second kappa shape index (κ2) is 14.1. The van der Waals surface area contributed by atoms with Crippen molar-refractivity contribution in [1.29, 1.82) is 0 Å². The van der Waals surface area contributed by atoms with Gasteiger partial charge in [-0.1, -0.05) is 0 Å². The van der Waals surface area contributed by atoms with Gasteiger partial charge in [0.15, 0.2) is 0 Å². The summed E-state index contributed by atoms with van der Waals surface area (Å²) in [5.41, 5.74) is -0.674. The highest BCUT2D eigenvalue weighted by atomic mass is 19.4. The number of carboxylic acid groups (broad SMARTS) is 1. The lowest BCUT2D eigenvalue weighted by Gasteiger charge is -2.29. The summed E-state index contributed by atoms with van der Waals surface area (Å²) in [5, 5.41) is 10.3. The van der Waals surface area contributed by atoms with Crippen LogP contribution in [-0.4, -0.2) is 102 Å². The van der Waals surface area contributed by atoms with Crippen LogP contribution in [0.3, 0.4) is 0 Å². The zero-order valence-electron chi connectivity index (χ0n) is 21.0. The first-order valence-electron chi connectivity index (χ1n) is 12.2. The van der Waals surface area contributed by atoms with Crippen molar-refractivity contribution >= 4 is 23.7 Å². The van der Waals surface area contributed by atoms with Gasteiger partial charge in [0.05, 0.1) is 5.56 Å². The fraction of sp³-hybridized carbons (Fsp3) is 0.583. The summed E-state index contributed by atoms with van der Waals surface area (Å²) in [7, 11) is 0. The Morgan fingerprint density at radius 1 is 0.949 bits per heavy atom. The molecule has 2 fully saturated rings. The lowest BCUT2D eigenvalue weighted by Crippen LogP contribution is -2.47. The lowest BCUT2D eigenvalue weighted by molar-refractivity contribution is -0.192. The molecule has 0 unspecified atom stereocenters. The monoisotopic (exact) mass is 568 g/mol. The average Bonchev–Trinajstić information content (AvgIpc) is 3.29. The Kier molecular flexibility index (Phi) is 11.6. The molecule has 218 valence electrons. The molecule has 1 aromatic carbocycles. The molecule has 2 N–H and O–H groups in total. The van der Waals surface area contributed by atoms with Crippen LogP contribution in [0.2, 0.25) is 0 Å². The topological polar surface area (TPSA) is 110 Å². The first kappa shape index (κ1) is 31.9. The van der Waals surface area contributed by atoms with E-state index in [0.717, 1.165) is 31.6 Å². The molecule has 0 radical (unpaired) electrons.